The predicted octanol–water partition coefficient (Wildman–Crippen LogP) is 1.58. The lowest BCUT2D eigenvalue weighted by molar-refractivity contribution is 0.0950. The molecule has 6 heteroatoms. The van der Waals surface area contributed by atoms with Crippen molar-refractivity contribution in [2.75, 3.05) is 32.5 Å². The van der Waals surface area contributed by atoms with Crippen LogP contribution >= 0.6 is 0 Å². The van der Waals surface area contributed by atoms with E-state index in [1.54, 1.807) is 24.6 Å². The molecular weight excluding hydrogens is 268 g/mol. The molecule has 0 aromatic carbocycles. The average Bonchev–Trinajstić information content (AvgIpc) is 2.98. The molecular formula is C15H20N4O2. The number of furan rings is 1. The number of likely N-dealkylation sites (N-methyl/N-ethyl adjacent to an activating group) is 1. The van der Waals surface area contributed by atoms with E-state index in [2.05, 4.69) is 15.6 Å². The van der Waals surface area contributed by atoms with Crippen molar-refractivity contribution in [3.05, 3.63) is 48.0 Å². The fourth-order valence-corrected chi connectivity index (χ4v) is 1.72. The van der Waals surface area contributed by atoms with Gasteiger partial charge in [0.25, 0.3) is 5.91 Å². The Labute approximate surface area is 124 Å². The SMILES string of the molecule is CN(C)CCNC(=O)c1ccc(NCc2ccco2)nc1. The van der Waals surface area contributed by atoms with Crippen molar-refractivity contribution < 1.29 is 9.21 Å². The van der Waals surface area contributed by atoms with Crippen LogP contribution in [0.2, 0.25) is 0 Å². The number of carbonyl (C=O) groups excluding carboxylic acids is 1. The van der Waals surface area contributed by atoms with Gasteiger partial charge in [-0.1, -0.05) is 0 Å². The molecule has 0 spiro atoms. The van der Waals surface area contributed by atoms with Crippen molar-refractivity contribution in [2.24, 2.45) is 0 Å². The highest BCUT2D eigenvalue weighted by Crippen LogP contribution is 2.08. The highest BCUT2D eigenvalue weighted by molar-refractivity contribution is 5.94. The Morgan fingerprint density at radius 2 is 2.19 bits per heavy atom. The second kappa shape index (κ2) is 7.44. The van der Waals surface area contributed by atoms with E-state index in [1.807, 2.05) is 31.1 Å². The topological polar surface area (TPSA) is 70.4 Å². The summed E-state index contributed by atoms with van der Waals surface area (Å²) in [6.07, 6.45) is 3.20. The van der Waals surface area contributed by atoms with Gasteiger partial charge in [0.15, 0.2) is 0 Å². The number of carbonyl (C=O) groups is 1. The highest BCUT2D eigenvalue weighted by Gasteiger charge is 2.06. The van der Waals surface area contributed by atoms with Crippen LogP contribution in [0.15, 0.2) is 41.1 Å². The number of rotatable bonds is 7. The van der Waals surface area contributed by atoms with Gasteiger partial charge >= 0.3 is 0 Å². The third kappa shape index (κ3) is 4.92. The van der Waals surface area contributed by atoms with Crippen LogP contribution in [-0.4, -0.2) is 43.0 Å². The number of nitrogens with one attached hydrogen (secondary N) is 2. The van der Waals surface area contributed by atoms with Gasteiger partial charge in [-0.05, 0) is 38.4 Å². The van der Waals surface area contributed by atoms with Crippen molar-refractivity contribution in [2.45, 2.75) is 6.54 Å². The van der Waals surface area contributed by atoms with Crippen molar-refractivity contribution in [3.63, 3.8) is 0 Å². The second-order valence-corrected chi connectivity index (χ2v) is 4.92. The van der Waals surface area contributed by atoms with Crippen molar-refractivity contribution in [3.8, 4) is 0 Å². The number of anilines is 1. The average molecular weight is 288 g/mol. The molecule has 2 aromatic rings. The maximum absolute atomic E-state index is 11.9. The second-order valence-electron chi connectivity index (χ2n) is 4.92. The molecule has 6 nitrogen and oxygen atoms in total. The molecule has 0 atom stereocenters. The Hall–Kier alpha value is -2.34. The number of hydrogen-bond acceptors (Lipinski definition) is 5. The summed E-state index contributed by atoms with van der Waals surface area (Å²) < 4.78 is 5.22. The van der Waals surface area contributed by atoms with Crippen LogP contribution < -0.4 is 10.6 Å². The molecule has 0 bridgehead atoms. The molecule has 1 amide bonds. The van der Waals surface area contributed by atoms with Gasteiger partial charge in [-0.3, -0.25) is 4.79 Å². The molecule has 112 valence electrons. The number of aromatic nitrogens is 1. The smallest absolute Gasteiger partial charge is 0.252 e. The van der Waals surface area contributed by atoms with Gasteiger partial charge in [0.2, 0.25) is 0 Å². The van der Waals surface area contributed by atoms with Gasteiger partial charge in [-0.15, -0.1) is 0 Å². The Balaban J connectivity index is 1.82. The van der Waals surface area contributed by atoms with Crippen LogP contribution in [0.1, 0.15) is 16.1 Å². The predicted molar refractivity (Wildman–Crippen MR) is 81.2 cm³/mol. The van der Waals surface area contributed by atoms with Crippen LogP contribution in [0.5, 0.6) is 0 Å². The Morgan fingerprint density at radius 3 is 2.81 bits per heavy atom. The molecule has 0 unspecified atom stereocenters. The molecule has 2 aromatic heterocycles. The Kier molecular flexibility index (Phi) is 5.34. The van der Waals surface area contributed by atoms with Crippen molar-refractivity contribution in [1.29, 1.82) is 0 Å². The molecule has 0 aliphatic rings. The number of nitrogens with zero attached hydrogens (tertiary/aromatic N) is 2. The minimum absolute atomic E-state index is 0.109. The minimum atomic E-state index is -0.109. The van der Waals surface area contributed by atoms with Crippen LogP contribution in [-0.2, 0) is 6.54 Å². The molecule has 2 rings (SSSR count). The van der Waals surface area contributed by atoms with E-state index in [4.69, 9.17) is 4.42 Å². The largest absolute Gasteiger partial charge is 0.467 e. The minimum Gasteiger partial charge on any atom is -0.467 e. The number of amides is 1. The molecule has 0 fully saturated rings. The van der Waals surface area contributed by atoms with E-state index in [1.165, 1.54) is 0 Å². The monoisotopic (exact) mass is 288 g/mol. The zero-order valence-corrected chi connectivity index (χ0v) is 12.3. The first-order valence-electron chi connectivity index (χ1n) is 6.80. The fraction of sp³-hybridized carbons (Fsp3) is 0.333. The fourth-order valence-electron chi connectivity index (χ4n) is 1.72. The zero-order chi connectivity index (χ0) is 15.1. The first kappa shape index (κ1) is 15.1. The molecule has 0 saturated heterocycles. The van der Waals surface area contributed by atoms with Gasteiger partial charge in [0.05, 0.1) is 18.4 Å². The summed E-state index contributed by atoms with van der Waals surface area (Å²) in [5.74, 6) is 1.43. The molecule has 2 heterocycles. The summed E-state index contributed by atoms with van der Waals surface area (Å²) in [7, 11) is 3.93. The highest BCUT2D eigenvalue weighted by atomic mass is 16.3. The van der Waals surface area contributed by atoms with E-state index in [-0.39, 0.29) is 5.91 Å². The summed E-state index contributed by atoms with van der Waals surface area (Å²) in [5, 5.41) is 5.98. The van der Waals surface area contributed by atoms with Gasteiger partial charge in [-0.2, -0.15) is 0 Å². The maximum atomic E-state index is 11.9. The third-order valence-corrected chi connectivity index (χ3v) is 2.89. The van der Waals surface area contributed by atoms with Gasteiger partial charge < -0.3 is 20.0 Å². The quantitative estimate of drug-likeness (QED) is 0.809. The van der Waals surface area contributed by atoms with Gasteiger partial charge in [-0.25, -0.2) is 4.98 Å². The van der Waals surface area contributed by atoms with E-state index >= 15 is 0 Å². The van der Waals surface area contributed by atoms with Crippen LogP contribution in [0, 0.1) is 0 Å². The molecule has 2 N–H and O–H groups in total. The molecule has 0 saturated carbocycles. The molecule has 21 heavy (non-hydrogen) atoms. The maximum Gasteiger partial charge on any atom is 0.252 e. The van der Waals surface area contributed by atoms with E-state index in [0.717, 1.165) is 12.3 Å². The Morgan fingerprint density at radius 1 is 1.33 bits per heavy atom. The Bertz CT molecular complexity index is 550. The van der Waals surface area contributed by atoms with Gasteiger partial charge in [0, 0.05) is 19.3 Å². The molecule has 0 radical (unpaired) electrons. The summed E-state index contributed by atoms with van der Waals surface area (Å²) in [5.41, 5.74) is 0.553. The lowest BCUT2D eigenvalue weighted by Gasteiger charge is -2.10. The summed E-state index contributed by atoms with van der Waals surface area (Å²) in [4.78, 5) is 18.1. The summed E-state index contributed by atoms with van der Waals surface area (Å²) in [6.45, 7) is 1.99. The van der Waals surface area contributed by atoms with Gasteiger partial charge in [0.1, 0.15) is 11.6 Å². The molecule has 0 aliphatic heterocycles. The normalized spacial score (nSPS) is 10.6. The van der Waals surface area contributed by atoms with E-state index in [0.29, 0.717) is 24.5 Å². The summed E-state index contributed by atoms with van der Waals surface area (Å²) in [6, 6.07) is 7.26. The lowest BCUT2D eigenvalue weighted by atomic mass is 10.2. The number of hydrogen-bond donors (Lipinski definition) is 2. The van der Waals surface area contributed by atoms with Crippen molar-refractivity contribution >= 4 is 11.7 Å². The third-order valence-electron chi connectivity index (χ3n) is 2.89. The van der Waals surface area contributed by atoms with Crippen LogP contribution in [0.3, 0.4) is 0 Å². The van der Waals surface area contributed by atoms with E-state index < -0.39 is 0 Å². The molecule has 0 aliphatic carbocycles. The van der Waals surface area contributed by atoms with Crippen LogP contribution in [0.4, 0.5) is 5.82 Å². The first-order chi connectivity index (χ1) is 10.1. The first-order valence-corrected chi connectivity index (χ1v) is 6.80. The van der Waals surface area contributed by atoms with E-state index in [9.17, 15) is 4.79 Å². The zero-order valence-electron chi connectivity index (χ0n) is 12.3. The standard InChI is InChI=1S/C15H20N4O2/c1-19(2)8-7-16-15(20)12-5-6-14(17-10-12)18-11-13-4-3-9-21-13/h3-6,9-10H,7-8,11H2,1-2H3,(H,16,20)(H,17,18). The summed E-state index contributed by atoms with van der Waals surface area (Å²) >= 11 is 0. The van der Waals surface area contributed by atoms with Crippen LogP contribution in [0.25, 0.3) is 0 Å². The van der Waals surface area contributed by atoms with Crippen molar-refractivity contribution in [1.82, 2.24) is 15.2 Å². The lowest BCUT2D eigenvalue weighted by Crippen LogP contribution is -2.31. The number of pyridine rings is 1.